The molecular weight excluding hydrogens is 326 g/mol. The maximum Gasteiger partial charge on any atom is 0.282 e. The molecule has 2 aliphatic heterocycles. The Balaban J connectivity index is 1.74. The van der Waals surface area contributed by atoms with Crippen molar-refractivity contribution in [1.29, 1.82) is 0 Å². The van der Waals surface area contributed by atoms with Crippen molar-refractivity contribution in [2.24, 2.45) is 0 Å². The molecule has 0 bridgehead atoms. The number of fused-ring (bicyclic) bond motifs is 1. The van der Waals surface area contributed by atoms with E-state index in [0.29, 0.717) is 12.1 Å². The van der Waals surface area contributed by atoms with Gasteiger partial charge >= 0.3 is 0 Å². The van der Waals surface area contributed by atoms with Crippen molar-refractivity contribution in [2.75, 3.05) is 24.5 Å². The summed E-state index contributed by atoms with van der Waals surface area (Å²) in [6.45, 7) is 5.09. The molecule has 9 nitrogen and oxygen atoms in total. The van der Waals surface area contributed by atoms with E-state index in [1.807, 2.05) is 13.8 Å². The van der Waals surface area contributed by atoms with Crippen LogP contribution in [-0.4, -0.2) is 54.5 Å². The first-order valence-electron chi connectivity index (χ1n) is 8.23. The van der Waals surface area contributed by atoms with Crippen LogP contribution in [0.3, 0.4) is 0 Å². The monoisotopic (exact) mass is 347 g/mol. The smallest absolute Gasteiger partial charge is 0.282 e. The topological polar surface area (TPSA) is 117 Å². The summed E-state index contributed by atoms with van der Waals surface area (Å²) in [5.74, 6) is -0.968. The summed E-state index contributed by atoms with van der Waals surface area (Å²) in [5, 5.41) is 19.6. The highest BCUT2D eigenvalue weighted by molar-refractivity contribution is 6.00. The Hall–Kier alpha value is -2.68. The Morgan fingerprint density at radius 3 is 2.72 bits per heavy atom. The number of piperazine rings is 1. The molecule has 3 rings (SSSR count). The van der Waals surface area contributed by atoms with Gasteiger partial charge in [0.25, 0.3) is 11.6 Å². The van der Waals surface area contributed by atoms with Crippen LogP contribution in [0.25, 0.3) is 0 Å². The van der Waals surface area contributed by atoms with Gasteiger partial charge in [0.1, 0.15) is 5.56 Å². The number of amides is 2. The lowest BCUT2D eigenvalue weighted by molar-refractivity contribution is -0.385. The van der Waals surface area contributed by atoms with Crippen LogP contribution in [0.1, 0.15) is 24.2 Å². The van der Waals surface area contributed by atoms with E-state index in [1.54, 1.807) is 6.07 Å². The highest BCUT2D eigenvalue weighted by Crippen LogP contribution is 2.33. The van der Waals surface area contributed by atoms with Crippen LogP contribution in [-0.2, 0) is 4.79 Å². The number of nitrogens with zero attached hydrogens (tertiary/aromatic N) is 2. The fraction of sp³-hybridized carbons (Fsp3) is 0.500. The lowest BCUT2D eigenvalue weighted by atomic mass is 9.88. The number of benzene rings is 1. The van der Waals surface area contributed by atoms with E-state index in [0.717, 1.165) is 18.8 Å². The fourth-order valence-corrected chi connectivity index (χ4v) is 3.08. The lowest BCUT2D eigenvalue weighted by Crippen LogP contribution is -2.78. The first kappa shape index (κ1) is 17.2. The number of hydrogen-bond acceptors (Lipinski definition) is 6. The minimum Gasteiger partial charge on any atom is -0.364 e. The maximum absolute atomic E-state index is 12.4. The predicted octanol–water partition coefficient (Wildman–Crippen LogP) is 0.00960. The SMILES string of the molecule is CC(C)NC(=O)CNC(=O)c1cc(N2CC3NC[C@H]32)ccc1[N+](=O)[O-]. The van der Waals surface area contributed by atoms with Gasteiger partial charge in [-0.05, 0) is 26.0 Å². The first-order valence-corrected chi connectivity index (χ1v) is 8.23. The minimum atomic E-state index is -0.628. The van der Waals surface area contributed by atoms with Gasteiger partial charge in [0.15, 0.2) is 0 Å². The molecule has 134 valence electrons. The summed E-state index contributed by atoms with van der Waals surface area (Å²) in [5.41, 5.74) is 0.482. The van der Waals surface area contributed by atoms with Crippen LogP contribution >= 0.6 is 0 Å². The standard InChI is InChI=1S/C16H21N5O4/c1-9(2)19-15(22)7-18-16(23)11-5-10(3-4-13(11)21(24)25)20-8-12-14(20)6-17-12/h3-5,9,12,14,17H,6-8H2,1-2H3,(H,18,23)(H,19,22)/t12?,14-/m1/s1. The number of nitro benzene ring substituents is 1. The third kappa shape index (κ3) is 3.41. The molecule has 0 spiro atoms. The van der Waals surface area contributed by atoms with E-state index in [-0.39, 0.29) is 29.7 Å². The average molecular weight is 347 g/mol. The Kier molecular flexibility index (Phi) is 4.58. The molecule has 9 heteroatoms. The van der Waals surface area contributed by atoms with Crippen LogP contribution in [0.4, 0.5) is 11.4 Å². The molecule has 2 atom stereocenters. The zero-order chi connectivity index (χ0) is 18.1. The van der Waals surface area contributed by atoms with Crippen LogP contribution in [0.2, 0.25) is 0 Å². The van der Waals surface area contributed by atoms with Gasteiger partial charge in [-0.2, -0.15) is 0 Å². The van der Waals surface area contributed by atoms with Gasteiger partial charge in [0.05, 0.1) is 17.5 Å². The van der Waals surface area contributed by atoms with Crippen molar-refractivity contribution in [1.82, 2.24) is 16.0 Å². The van der Waals surface area contributed by atoms with E-state index in [1.165, 1.54) is 12.1 Å². The van der Waals surface area contributed by atoms with Gasteiger partial charge in [-0.1, -0.05) is 0 Å². The Bertz CT molecular complexity index is 720. The molecule has 25 heavy (non-hydrogen) atoms. The van der Waals surface area contributed by atoms with Crippen LogP contribution < -0.4 is 20.9 Å². The van der Waals surface area contributed by atoms with Crippen molar-refractivity contribution < 1.29 is 14.5 Å². The second-order valence-electron chi connectivity index (χ2n) is 6.60. The van der Waals surface area contributed by atoms with E-state index in [4.69, 9.17) is 0 Å². The molecule has 1 aromatic carbocycles. The molecule has 1 unspecified atom stereocenters. The number of nitro groups is 1. The van der Waals surface area contributed by atoms with Crippen molar-refractivity contribution >= 4 is 23.2 Å². The summed E-state index contributed by atoms with van der Waals surface area (Å²) >= 11 is 0. The molecule has 2 saturated heterocycles. The number of carbonyl (C=O) groups excluding carboxylic acids is 2. The van der Waals surface area contributed by atoms with Crippen molar-refractivity contribution in [3.8, 4) is 0 Å². The van der Waals surface area contributed by atoms with Crippen LogP contribution in [0.15, 0.2) is 18.2 Å². The van der Waals surface area contributed by atoms with Crippen molar-refractivity contribution in [3.63, 3.8) is 0 Å². The van der Waals surface area contributed by atoms with Crippen molar-refractivity contribution in [3.05, 3.63) is 33.9 Å². The second-order valence-corrected chi connectivity index (χ2v) is 6.60. The number of rotatable bonds is 6. The number of carbonyl (C=O) groups is 2. The van der Waals surface area contributed by atoms with Gasteiger partial charge in [0, 0.05) is 36.9 Å². The highest BCUT2D eigenvalue weighted by atomic mass is 16.6. The van der Waals surface area contributed by atoms with E-state index >= 15 is 0 Å². The van der Waals surface area contributed by atoms with Gasteiger partial charge in [-0.15, -0.1) is 0 Å². The quantitative estimate of drug-likeness (QED) is 0.493. The summed E-state index contributed by atoms with van der Waals surface area (Å²) in [6, 6.07) is 5.34. The summed E-state index contributed by atoms with van der Waals surface area (Å²) in [4.78, 5) is 36.8. The molecule has 0 aromatic heterocycles. The van der Waals surface area contributed by atoms with Gasteiger partial charge in [-0.3, -0.25) is 19.7 Å². The number of nitrogens with one attached hydrogen (secondary N) is 3. The first-order chi connectivity index (χ1) is 11.9. The summed E-state index contributed by atoms with van der Waals surface area (Å²) in [7, 11) is 0. The summed E-state index contributed by atoms with van der Waals surface area (Å²) < 4.78 is 0. The maximum atomic E-state index is 12.4. The average Bonchev–Trinajstić information content (AvgIpc) is 2.53. The molecular formula is C16H21N5O4. The minimum absolute atomic E-state index is 0.0319. The lowest BCUT2D eigenvalue weighted by Gasteiger charge is -2.57. The van der Waals surface area contributed by atoms with E-state index in [2.05, 4.69) is 20.9 Å². The molecule has 3 N–H and O–H groups in total. The second kappa shape index (κ2) is 6.67. The summed E-state index contributed by atoms with van der Waals surface area (Å²) in [6.07, 6.45) is 0. The van der Waals surface area contributed by atoms with Crippen LogP contribution in [0, 0.1) is 10.1 Å². The highest BCUT2D eigenvalue weighted by Gasteiger charge is 2.45. The Morgan fingerprint density at radius 1 is 1.44 bits per heavy atom. The normalized spacial score (nSPS) is 21.0. The van der Waals surface area contributed by atoms with Crippen molar-refractivity contribution in [2.45, 2.75) is 32.0 Å². The van der Waals surface area contributed by atoms with Crippen LogP contribution in [0.5, 0.6) is 0 Å². The van der Waals surface area contributed by atoms with Gasteiger partial charge < -0.3 is 20.9 Å². The fourth-order valence-electron chi connectivity index (χ4n) is 3.08. The molecule has 0 aliphatic carbocycles. The van der Waals surface area contributed by atoms with E-state index in [9.17, 15) is 19.7 Å². The molecule has 2 heterocycles. The molecule has 2 amide bonds. The predicted molar refractivity (Wildman–Crippen MR) is 91.6 cm³/mol. The molecule has 2 fully saturated rings. The van der Waals surface area contributed by atoms with Gasteiger partial charge in [-0.25, -0.2) is 0 Å². The Morgan fingerprint density at radius 2 is 2.20 bits per heavy atom. The largest absolute Gasteiger partial charge is 0.364 e. The number of anilines is 1. The third-order valence-electron chi connectivity index (χ3n) is 4.46. The van der Waals surface area contributed by atoms with E-state index < -0.39 is 10.8 Å². The van der Waals surface area contributed by atoms with Gasteiger partial charge in [0.2, 0.25) is 5.91 Å². The third-order valence-corrected chi connectivity index (χ3v) is 4.46. The zero-order valence-corrected chi connectivity index (χ0v) is 14.1. The zero-order valence-electron chi connectivity index (χ0n) is 14.1. The Labute approximate surface area is 144 Å². The number of hydrogen-bond donors (Lipinski definition) is 3. The molecule has 1 aromatic rings. The molecule has 0 saturated carbocycles. The molecule has 2 aliphatic rings. The molecule has 0 radical (unpaired) electrons.